The Kier molecular flexibility index (Phi) is 10.9. The van der Waals surface area contributed by atoms with Crippen molar-refractivity contribution in [1.29, 1.82) is 0 Å². The van der Waals surface area contributed by atoms with Gasteiger partial charge in [0.25, 0.3) is 0 Å². The third kappa shape index (κ3) is 8.36. The number of anilines is 1. The normalized spacial score (nSPS) is 12.2. The zero-order valence-corrected chi connectivity index (χ0v) is 25.8. The summed E-state index contributed by atoms with van der Waals surface area (Å²) in [6, 6.07) is 17.8. The molecule has 2 amide bonds. The Labute approximate surface area is 251 Å². The molecule has 3 rings (SSSR count). The average Bonchev–Trinajstić information content (AvgIpc) is 2.87. The van der Waals surface area contributed by atoms with Crippen LogP contribution in [0, 0.1) is 6.92 Å². The molecule has 0 heterocycles. The minimum absolute atomic E-state index is 0.119. The van der Waals surface area contributed by atoms with Gasteiger partial charge in [-0.15, -0.1) is 0 Å². The molecule has 0 aromatic heterocycles. The number of hydrogen-bond acceptors (Lipinski definition) is 4. The molecule has 0 saturated carbocycles. The summed E-state index contributed by atoms with van der Waals surface area (Å²) in [6.07, 6.45) is 1.20. The molecule has 214 valence electrons. The van der Waals surface area contributed by atoms with Gasteiger partial charge in [-0.3, -0.25) is 13.9 Å². The molecule has 1 N–H and O–H groups in total. The summed E-state index contributed by atoms with van der Waals surface area (Å²) in [6.45, 7) is 4.68. The van der Waals surface area contributed by atoms with Crippen molar-refractivity contribution in [3.8, 4) is 0 Å². The number of carbonyl (C=O) groups excluding carboxylic acids is 2. The van der Waals surface area contributed by atoms with Gasteiger partial charge in [0.1, 0.15) is 12.6 Å². The third-order valence-electron chi connectivity index (χ3n) is 6.21. The summed E-state index contributed by atoms with van der Waals surface area (Å²) in [4.78, 5) is 29.1. The van der Waals surface area contributed by atoms with Gasteiger partial charge in [0, 0.05) is 39.6 Å². The minimum Gasteiger partial charge on any atom is -0.352 e. The lowest BCUT2D eigenvalue weighted by Gasteiger charge is -2.34. The largest absolute Gasteiger partial charge is 0.352 e. The SMILES string of the molecule is Cc1ccc(Cl)cc1N(CC(=O)N(Cc1c(Cl)cccc1Cl)[C@H](Cc1ccccc1)C(=O)NC(C)C)S(C)(=O)=O. The number of amides is 2. The summed E-state index contributed by atoms with van der Waals surface area (Å²) in [5.74, 6) is -0.999. The molecule has 7 nitrogen and oxygen atoms in total. The van der Waals surface area contributed by atoms with Crippen molar-refractivity contribution in [3.05, 3.63) is 98.5 Å². The second kappa shape index (κ2) is 13.7. The fraction of sp³-hybridized carbons (Fsp3) is 0.310. The Balaban J connectivity index is 2.13. The number of nitrogens with zero attached hydrogens (tertiary/aromatic N) is 2. The van der Waals surface area contributed by atoms with Crippen LogP contribution in [0.5, 0.6) is 0 Å². The molecule has 0 unspecified atom stereocenters. The number of sulfonamides is 1. The Bertz CT molecular complexity index is 1450. The van der Waals surface area contributed by atoms with E-state index in [4.69, 9.17) is 34.8 Å². The number of carbonyl (C=O) groups is 2. The van der Waals surface area contributed by atoms with E-state index in [-0.39, 0.29) is 30.6 Å². The molecule has 1 atom stereocenters. The maximum absolute atomic E-state index is 14.1. The van der Waals surface area contributed by atoms with Crippen molar-refractivity contribution in [2.24, 2.45) is 0 Å². The first-order valence-electron chi connectivity index (χ1n) is 12.6. The van der Waals surface area contributed by atoms with Crippen LogP contribution >= 0.6 is 34.8 Å². The van der Waals surface area contributed by atoms with E-state index in [0.717, 1.165) is 16.1 Å². The molecule has 3 aromatic rings. The first kappa shape index (κ1) is 31.7. The molecule has 0 saturated heterocycles. The van der Waals surface area contributed by atoms with Gasteiger partial charge in [-0.1, -0.05) is 77.3 Å². The van der Waals surface area contributed by atoms with Crippen LogP contribution < -0.4 is 9.62 Å². The van der Waals surface area contributed by atoms with Gasteiger partial charge in [-0.2, -0.15) is 0 Å². The molecule has 40 heavy (non-hydrogen) atoms. The molecule has 3 aromatic carbocycles. The highest BCUT2D eigenvalue weighted by molar-refractivity contribution is 7.92. The fourth-order valence-corrected chi connectivity index (χ4v) is 5.82. The van der Waals surface area contributed by atoms with Gasteiger partial charge in [0.05, 0.1) is 11.9 Å². The Morgan fingerprint density at radius 2 is 1.55 bits per heavy atom. The summed E-state index contributed by atoms with van der Waals surface area (Å²) < 4.78 is 26.9. The number of benzene rings is 3. The number of aryl methyl sites for hydroxylation is 1. The first-order valence-corrected chi connectivity index (χ1v) is 15.6. The van der Waals surface area contributed by atoms with E-state index in [0.29, 0.717) is 26.2 Å². The Morgan fingerprint density at radius 1 is 0.925 bits per heavy atom. The van der Waals surface area contributed by atoms with Crippen LogP contribution in [-0.2, 0) is 32.6 Å². The van der Waals surface area contributed by atoms with Gasteiger partial charge < -0.3 is 10.2 Å². The predicted octanol–water partition coefficient (Wildman–Crippen LogP) is 5.89. The molecule has 0 spiro atoms. The van der Waals surface area contributed by atoms with E-state index >= 15 is 0 Å². The Hall–Kier alpha value is -2.78. The van der Waals surface area contributed by atoms with E-state index in [2.05, 4.69) is 5.32 Å². The topological polar surface area (TPSA) is 86.8 Å². The second-order valence-electron chi connectivity index (χ2n) is 9.79. The van der Waals surface area contributed by atoms with Crippen LogP contribution in [0.4, 0.5) is 5.69 Å². The lowest BCUT2D eigenvalue weighted by atomic mass is 10.0. The van der Waals surface area contributed by atoms with Crippen molar-refractivity contribution < 1.29 is 18.0 Å². The third-order valence-corrected chi connectivity index (χ3v) is 8.28. The van der Waals surface area contributed by atoms with Gasteiger partial charge in [0.2, 0.25) is 21.8 Å². The van der Waals surface area contributed by atoms with Crippen molar-refractivity contribution >= 4 is 62.3 Å². The summed E-state index contributed by atoms with van der Waals surface area (Å²) >= 11 is 19.1. The summed E-state index contributed by atoms with van der Waals surface area (Å²) in [7, 11) is -3.92. The number of halogens is 3. The van der Waals surface area contributed by atoms with Crippen molar-refractivity contribution in [2.45, 2.75) is 45.8 Å². The molecule has 0 aliphatic carbocycles. The molecule has 0 radical (unpaired) electrons. The molecular formula is C29H32Cl3N3O4S. The summed E-state index contributed by atoms with van der Waals surface area (Å²) in [5.41, 5.74) is 2.14. The van der Waals surface area contributed by atoms with E-state index in [1.165, 1.54) is 11.0 Å². The highest BCUT2D eigenvalue weighted by Crippen LogP contribution is 2.29. The van der Waals surface area contributed by atoms with E-state index in [1.807, 2.05) is 44.2 Å². The van der Waals surface area contributed by atoms with Gasteiger partial charge >= 0.3 is 0 Å². The highest BCUT2D eigenvalue weighted by Gasteiger charge is 2.34. The lowest BCUT2D eigenvalue weighted by molar-refractivity contribution is -0.140. The molecule has 0 aliphatic rings. The zero-order chi connectivity index (χ0) is 29.6. The van der Waals surface area contributed by atoms with Crippen LogP contribution in [0.1, 0.15) is 30.5 Å². The van der Waals surface area contributed by atoms with Crippen molar-refractivity contribution in [1.82, 2.24) is 10.2 Å². The zero-order valence-electron chi connectivity index (χ0n) is 22.7. The molecule has 11 heteroatoms. The van der Waals surface area contributed by atoms with Crippen LogP contribution in [-0.4, -0.2) is 50.0 Å². The number of rotatable bonds is 11. The molecule has 0 fully saturated rings. The van der Waals surface area contributed by atoms with Crippen LogP contribution in [0.15, 0.2) is 66.7 Å². The predicted molar refractivity (Wildman–Crippen MR) is 163 cm³/mol. The maximum atomic E-state index is 14.1. The molecule has 0 bridgehead atoms. The standard InChI is InChI=1S/C29H32Cl3N3O4S/c1-19(2)33-29(37)27(15-21-9-6-5-7-10-21)34(17-23-24(31)11-8-12-25(23)32)28(36)18-35(40(4,38)39)26-16-22(30)14-13-20(26)3/h5-14,16,19,27H,15,17-18H2,1-4H3,(H,33,37)/t27-/m1/s1. The second-order valence-corrected chi connectivity index (χ2v) is 12.9. The summed E-state index contributed by atoms with van der Waals surface area (Å²) in [5, 5.41) is 3.85. The number of hydrogen-bond donors (Lipinski definition) is 1. The van der Waals surface area contributed by atoms with Crippen LogP contribution in [0.3, 0.4) is 0 Å². The van der Waals surface area contributed by atoms with Gasteiger partial charge in [-0.25, -0.2) is 8.42 Å². The first-order chi connectivity index (χ1) is 18.8. The van der Waals surface area contributed by atoms with Gasteiger partial charge in [0.15, 0.2) is 0 Å². The smallest absolute Gasteiger partial charge is 0.244 e. The van der Waals surface area contributed by atoms with E-state index < -0.39 is 28.5 Å². The van der Waals surface area contributed by atoms with E-state index in [1.54, 1.807) is 37.3 Å². The van der Waals surface area contributed by atoms with Crippen LogP contribution in [0.25, 0.3) is 0 Å². The van der Waals surface area contributed by atoms with Crippen molar-refractivity contribution in [2.75, 3.05) is 17.1 Å². The monoisotopic (exact) mass is 623 g/mol. The van der Waals surface area contributed by atoms with Crippen LogP contribution in [0.2, 0.25) is 15.1 Å². The molecular weight excluding hydrogens is 593 g/mol. The fourth-order valence-electron chi connectivity index (χ4n) is 4.23. The molecule has 0 aliphatic heterocycles. The average molecular weight is 625 g/mol. The van der Waals surface area contributed by atoms with E-state index in [9.17, 15) is 18.0 Å². The number of nitrogens with one attached hydrogen (secondary N) is 1. The quantitative estimate of drug-likeness (QED) is 0.289. The lowest BCUT2D eigenvalue weighted by Crippen LogP contribution is -2.54. The van der Waals surface area contributed by atoms with Crippen molar-refractivity contribution in [3.63, 3.8) is 0 Å². The Morgan fingerprint density at radius 3 is 2.12 bits per heavy atom. The highest BCUT2D eigenvalue weighted by atomic mass is 35.5. The minimum atomic E-state index is -3.92. The maximum Gasteiger partial charge on any atom is 0.244 e. The van der Waals surface area contributed by atoms with Gasteiger partial charge in [-0.05, 0) is 56.2 Å².